The number of nitrogens with one attached hydrogen (secondary N) is 1. The highest BCUT2D eigenvalue weighted by Crippen LogP contribution is 2.21. The Kier molecular flexibility index (Phi) is 6.24. The van der Waals surface area contributed by atoms with Crippen LogP contribution in [0.2, 0.25) is 0 Å². The number of sulfone groups is 1. The van der Waals surface area contributed by atoms with E-state index in [0.717, 1.165) is 30.8 Å². The molecule has 0 bridgehead atoms. The van der Waals surface area contributed by atoms with Crippen molar-refractivity contribution in [3.63, 3.8) is 0 Å². The van der Waals surface area contributed by atoms with Gasteiger partial charge in [0.1, 0.15) is 5.75 Å². The molecule has 0 aromatic heterocycles. The molecular weight excluding hydrogens is 332 g/mol. The van der Waals surface area contributed by atoms with Gasteiger partial charge in [0.2, 0.25) is 0 Å². The average molecular weight is 357 g/mol. The molecule has 23 heavy (non-hydrogen) atoms. The minimum absolute atomic E-state index is 0.0304. The molecule has 128 valence electrons. The second kappa shape index (κ2) is 7.97. The van der Waals surface area contributed by atoms with E-state index in [0.29, 0.717) is 11.5 Å². The van der Waals surface area contributed by atoms with Gasteiger partial charge in [0.15, 0.2) is 14.9 Å². The Morgan fingerprint density at radius 2 is 2.26 bits per heavy atom. The molecular formula is C16H24N2O3S2. The molecule has 1 aliphatic heterocycles. The van der Waals surface area contributed by atoms with Crippen LogP contribution in [0, 0.1) is 0 Å². The van der Waals surface area contributed by atoms with Crippen LogP contribution in [0.5, 0.6) is 5.75 Å². The van der Waals surface area contributed by atoms with E-state index < -0.39 is 9.84 Å². The number of ether oxygens (including phenoxy) is 1. The maximum Gasteiger partial charge on any atom is 0.173 e. The Morgan fingerprint density at radius 1 is 1.48 bits per heavy atom. The standard InChI is InChI=1S/C16H24N2O3S2/c1-3-4-9-18(14-8-10-23(19,20)12-14)16(22)17-13-6-5-7-15(11-13)21-2/h5-7,11,14H,3-4,8-10,12H2,1-2H3,(H,17,22)/t14-/m1/s1. The van der Waals surface area contributed by atoms with Gasteiger partial charge in [-0.3, -0.25) is 0 Å². The van der Waals surface area contributed by atoms with E-state index in [1.165, 1.54) is 0 Å². The Labute approximate surface area is 143 Å². The highest BCUT2D eigenvalue weighted by Gasteiger charge is 2.33. The highest BCUT2D eigenvalue weighted by molar-refractivity contribution is 7.91. The summed E-state index contributed by atoms with van der Waals surface area (Å²) in [6, 6.07) is 7.51. The minimum atomic E-state index is -2.93. The number of hydrogen-bond donors (Lipinski definition) is 1. The largest absolute Gasteiger partial charge is 0.497 e. The maximum absolute atomic E-state index is 11.8. The number of unbranched alkanes of at least 4 members (excludes halogenated alkanes) is 1. The molecule has 2 rings (SSSR count). The van der Waals surface area contributed by atoms with Crippen molar-refractivity contribution in [3.8, 4) is 5.75 Å². The van der Waals surface area contributed by atoms with E-state index in [1.807, 2.05) is 29.2 Å². The summed E-state index contributed by atoms with van der Waals surface area (Å²) in [4.78, 5) is 2.03. The van der Waals surface area contributed by atoms with Crippen LogP contribution in [-0.2, 0) is 9.84 Å². The van der Waals surface area contributed by atoms with Gasteiger partial charge in [0.05, 0.1) is 18.6 Å². The molecule has 0 amide bonds. The molecule has 0 spiro atoms. The van der Waals surface area contributed by atoms with Gasteiger partial charge < -0.3 is 15.0 Å². The fraction of sp³-hybridized carbons (Fsp3) is 0.562. The topological polar surface area (TPSA) is 58.6 Å². The van der Waals surface area contributed by atoms with Gasteiger partial charge in [-0.25, -0.2) is 8.42 Å². The summed E-state index contributed by atoms with van der Waals surface area (Å²) in [6.07, 6.45) is 2.67. The lowest BCUT2D eigenvalue weighted by molar-refractivity contribution is 0.333. The van der Waals surface area contributed by atoms with Crippen LogP contribution in [0.4, 0.5) is 5.69 Å². The Morgan fingerprint density at radius 3 is 2.87 bits per heavy atom. The fourth-order valence-electron chi connectivity index (χ4n) is 2.70. The molecule has 5 nitrogen and oxygen atoms in total. The van der Waals surface area contributed by atoms with Gasteiger partial charge in [0, 0.05) is 24.3 Å². The smallest absolute Gasteiger partial charge is 0.173 e. The summed E-state index contributed by atoms with van der Waals surface area (Å²) in [5.74, 6) is 1.19. The van der Waals surface area contributed by atoms with E-state index in [9.17, 15) is 8.42 Å². The molecule has 1 fully saturated rings. The number of anilines is 1. The van der Waals surface area contributed by atoms with Gasteiger partial charge >= 0.3 is 0 Å². The molecule has 1 atom stereocenters. The summed E-state index contributed by atoms with van der Waals surface area (Å²) in [7, 11) is -1.31. The predicted octanol–water partition coefficient (Wildman–Crippen LogP) is 2.68. The Hall–Kier alpha value is -1.34. The molecule has 1 aliphatic rings. The SMILES string of the molecule is CCCCN(C(=S)Nc1cccc(OC)c1)[C@@H]1CCS(=O)(=O)C1. The molecule has 1 aromatic rings. The van der Waals surface area contributed by atoms with Crippen LogP contribution in [0.25, 0.3) is 0 Å². The molecule has 7 heteroatoms. The van der Waals surface area contributed by atoms with Crippen molar-refractivity contribution in [3.05, 3.63) is 24.3 Å². The third-order valence-corrected chi connectivity index (χ3v) is 6.07. The van der Waals surface area contributed by atoms with Crippen LogP contribution in [0.1, 0.15) is 26.2 Å². The summed E-state index contributed by atoms with van der Waals surface area (Å²) >= 11 is 5.54. The quantitative estimate of drug-likeness (QED) is 0.791. The van der Waals surface area contributed by atoms with Crippen molar-refractivity contribution >= 4 is 32.9 Å². The van der Waals surface area contributed by atoms with E-state index in [1.54, 1.807) is 7.11 Å². The zero-order chi connectivity index (χ0) is 16.9. The predicted molar refractivity (Wildman–Crippen MR) is 97.9 cm³/mol. The normalized spacial score (nSPS) is 19.3. The zero-order valence-corrected chi connectivity index (χ0v) is 15.3. The summed E-state index contributed by atoms with van der Waals surface area (Å²) < 4.78 is 28.8. The summed E-state index contributed by atoms with van der Waals surface area (Å²) in [5, 5.41) is 3.79. The zero-order valence-electron chi connectivity index (χ0n) is 13.6. The van der Waals surface area contributed by atoms with Crippen molar-refractivity contribution in [1.82, 2.24) is 4.90 Å². The molecule has 1 N–H and O–H groups in total. The number of nitrogens with zero attached hydrogens (tertiary/aromatic N) is 1. The van der Waals surface area contributed by atoms with E-state index in [-0.39, 0.29) is 17.5 Å². The van der Waals surface area contributed by atoms with Gasteiger partial charge in [-0.15, -0.1) is 0 Å². The molecule has 1 saturated heterocycles. The molecule has 0 radical (unpaired) electrons. The van der Waals surface area contributed by atoms with Crippen molar-refractivity contribution in [2.24, 2.45) is 0 Å². The van der Waals surface area contributed by atoms with E-state index in [4.69, 9.17) is 17.0 Å². The number of methoxy groups -OCH3 is 1. The highest BCUT2D eigenvalue weighted by atomic mass is 32.2. The Balaban J connectivity index is 2.09. The van der Waals surface area contributed by atoms with Crippen LogP contribution in [0.3, 0.4) is 0 Å². The minimum Gasteiger partial charge on any atom is -0.497 e. The van der Waals surface area contributed by atoms with Gasteiger partial charge in [-0.2, -0.15) is 0 Å². The van der Waals surface area contributed by atoms with Crippen molar-refractivity contribution in [1.29, 1.82) is 0 Å². The van der Waals surface area contributed by atoms with E-state index in [2.05, 4.69) is 12.2 Å². The number of thiocarbonyl (C=S) groups is 1. The number of benzene rings is 1. The molecule has 0 aliphatic carbocycles. The maximum atomic E-state index is 11.8. The summed E-state index contributed by atoms with van der Waals surface area (Å²) in [6.45, 7) is 2.88. The molecule has 0 unspecified atom stereocenters. The Bertz CT molecular complexity index is 646. The lowest BCUT2D eigenvalue weighted by Crippen LogP contribution is -2.44. The first kappa shape index (κ1) is 18.0. The lowest BCUT2D eigenvalue weighted by Gasteiger charge is -2.31. The second-order valence-electron chi connectivity index (χ2n) is 5.77. The first-order valence-electron chi connectivity index (χ1n) is 7.87. The third kappa shape index (κ3) is 5.07. The van der Waals surface area contributed by atoms with Gasteiger partial charge in [-0.1, -0.05) is 19.4 Å². The van der Waals surface area contributed by atoms with Crippen molar-refractivity contribution in [2.75, 3.05) is 30.5 Å². The van der Waals surface area contributed by atoms with Crippen LogP contribution < -0.4 is 10.1 Å². The molecule has 0 saturated carbocycles. The van der Waals surface area contributed by atoms with Crippen molar-refractivity contribution < 1.29 is 13.2 Å². The van der Waals surface area contributed by atoms with Crippen molar-refractivity contribution in [2.45, 2.75) is 32.2 Å². The third-order valence-electron chi connectivity index (χ3n) is 3.98. The lowest BCUT2D eigenvalue weighted by atomic mass is 10.2. The number of rotatable bonds is 6. The second-order valence-corrected chi connectivity index (χ2v) is 8.38. The fourth-order valence-corrected chi connectivity index (χ4v) is 4.78. The molecule has 1 heterocycles. The van der Waals surface area contributed by atoms with Gasteiger partial charge in [-0.05, 0) is 37.2 Å². The van der Waals surface area contributed by atoms with Crippen LogP contribution in [-0.4, -0.2) is 49.6 Å². The van der Waals surface area contributed by atoms with Crippen LogP contribution in [0.15, 0.2) is 24.3 Å². The number of hydrogen-bond acceptors (Lipinski definition) is 4. The molecule has 1 aromatic carbocycles. The van der Waals surface area contributed by atoms with E-state index >= 15 is 0 Å². The first-order chi connectivity index (χ1) is 10.9. The van der Waals surface area contributed by atoms with Crippen LogP contribution >= 0.6 is 12.2 Å². The summed E-state index contributed by atoms with van der Waals surface area (Å²) in [5.41, 5.74) is 0.844. The monoisotopic (exact) mass is 356 g/mol. The first-order valence-corrected chi connectivity index (χ1v) is 10.1. The van der Waals surface area contributed by atoms with Gasteiger partial charge in [0.25, 0.3) is 0 Å². The average Bonchev–Trinajstić information content (AvgIpc) is 2.87.